The quantitative estimate of drug-likeness (QED) is 0.768. The molecule has 0 N–H and O–H groups in total. The third-order valence-corrected chi connectivity index (χ3v) is 5.10. The number of hydrogen-bond acceptors (Lipinski definition) is 4. The van der Waals surface area contributed by atoms with Gasteiger partial charge in [-0.1, -0.05) is 12.1 Å². The first kappa shape index (κ1) is 17.8. The summed E-state index contributed by atoms with van der Waals surface area (Å²) in [5.41, 5.74) is 1.89. The van der Waals surface area contributed by atoms with E-state index in [2.05, 4.69) is 6.07 Å². The third kappa shape index (κ3) is 4.55. The first-order chi connectivity index (χ1) is 12.2. The molecule has 0 saturated carbocycles. The molecule has 0 aliphatic carbocycles. The standard InChI is InChI=1S/C20H23NO3S/c1-23-17-5-3-4-15(12-17)13-18-14-21(10-11-24-18)20(22)16-6-8-19(25-2)9-7-16/h3-9,12,18H,10-11,13-14H2,1-2H3/t18-/m1/s1. The summed E-state index contributed by atoms with van der Waals surface area (Å²) < 4.78 is 11.1. The molecule has 1 saturated heterocycles. The average molecular weight is 357 g/mol. The van der Waals surface area contributed by atoms with Crippen molar-refractivity contribution < 1.29 is 14.3 Å². The predicted octanol–water partition coefficient (Wildman–Crippen LogP) is 3.50. The van der Waals surface area contributed by atoms with Gasteiger partial charge in [-0.15, -0.1) is 11.8 Å². The Hall–Kier alpha value is -1.98. The van der Waals surface area contributed by atoms with Gasteiger partial charge in [0, 0.05) is 30.0 Å². The van der Waals surface area contributed by atoms with Crippen molar-refractivity contribution in [1.29, 1.82) is 0 Å². The Kier molecular flexibility index (Phi) is 6.00. The Morgan fingerprint density at radius 2 is 2.08 bits per heavy atom. The fourth-order valence-corrected chi connectivity index (χ4v) is 3.41. The van der Waals surface area contributed by atoms with Crippen molar-refractivity contribution in [3.05, 3.63) is 59.7 Å². The lowest BCUT2D eigenvalue weighted by Gasteiger charge is -2.33. The number of hydrogen-bond donors (Lipinski definition) is 0. The van der Waals surface area contributed by atoms with E-state index in [0.29, 0.717) is 19.7 Å². The Morgan fingerprint density at radius 3 is 2.80 bits per heavy atom. The summed E-state index contributed by atoms with van der Waals surface area (Å²) in [7, 11) is 1.67. The first-order valence-electron chi connectivity index (χ1n) is 8.37. The maximum Gasteiger partial charge on any atom is 0.254 e. The van der Waals surface area contributed by atoms with E-state index < -0.39 is 0 Å². The number of ether oxygens (including phenoxy) is 2. The van der Waals surface area contributed by atoms with Crippen molar-refractivity contribution in [3.8, 4) is 5.75 Å². The summed E-state index contributed by atoms with van der Waals surface area (Å²) in [5, 5.41) is 0. The van der Waals surface area contributed by atoms with Crippen molar-refractivity contribution in [1.82, 2.24) is 4.90 Å². The summed E-state index contributed by atoms with van der Waals surface area (Å²) in [6, 6.07) is 15.8. The Morgan fingerprint density at radius 1 is 1.28 bits per heavy atom. The van der Waals surface area contributed by atoms with Crippen LogP contribution in [0.2, 0.25) is 0 Å². The molecular weight excluding hydrogens is 334 g/mol. The third-order valence-electron chi connectivity index (χ3n) is 4.36. The Bertz CT molecular complexity index is 717. The van der Waals surface area contributed by atoms with E-state index in [-0.39, 0.29) is 12.0 Å². The lowest BCUT2D eigenvalue weighted by Crippen LogP contribution is -2.46. The highest BCUT2D eigenvalue weighted by atomic mass is 32.2. The summed E-state index contributed by atoms with van der Waals surface area (Å²) in [4.78, 5) is 15.8. The van der Waals surface area contributed by atoms with E-state index in [0.717, 1.165) is 28.2 Å². The Labute approximate surface area is 153 Å². The monoisotopic (exact) mass is 357 g/mol. The molecule has 1 atom stereocenters. The second kappa shape index (κ2) is 8.41. The van der Waals surface area contributed by atoms with Crippen molar-refractivity contribution in [3.63, 3.8) is 0 Å². The number of thioether (sulfide) groups is 1. The lowest BCUT2D eigenvalue weighted by atomic mass is 10.1. The van der Waals surface area contributed by atoms with Crippen LogP contribution in [-0.2, 0) is 11.2 Å². The SMILES string of the molecule is COc1cccc(C[C@@H]2CN(C(=O)c3ccc(SC)cc3)CCO2)c1. The summed E-state index contributed by atoms with van der Waals surface area (Å²) in [6.07, 6.45) is 2.81. The molecule has 0 aromatic heterocycles. The number of methoxy groups -OCH3 is 1. The van der Waals surface area contributed by atoms with Crippen LogP contribution in [0.4, 0.5) is 0 Å². The van der Waals surface area contributed by atoms with Gasteiger partial charge < -0.3 is 14.4 Å². The van der Waals surface area contributed by atoms with Crippen LogP contribution in [0, 0.1) is 0 Å². The fourth-order valence-electron chi connectivity index (χ4n) is 3.01. The van der Waals surface area contributed by atoms with Gasteiger partial charge >= 0.3 is 0 Å². The molecule has 1 aliphatic heterocycles. The molecule has 1 heterocycles. The van der Waals surface area contributed by atoms with Gasteiger partial charge in [-0.25, -0.2) is 0 Å². The number of nitrogens with zero attached hydrogens (tertiary/aromatic N) is 1. The zero-order chi connectivity index (χ0) is 17.6. The predicted molar refractivity (Wildman–Crippen MR) is 101 cm³/mol. The van der Waals surface area contributed by atoms with Crippen LogP contribution in [-0.4, -0.2) is 50.0 Å². The number of carbonyl (C=O) groups is 1. The molecule has 0 spiro atoms. The minimum Gasteiger partial charge on any atom is -0.497 e. The molecule has 132 valence electrons. The van der Waals surface area contributed by atoms with Gasteiger partial charge in [0.15, 0.2) is 0 Å². The summed E-state index contributed by atoms with van der Waals surface area (Å²) in [5.74, 6) is 0.918. The van der Waals surface area contributed by atoms with E-state index in [1.807, 2.05) is 53.6 Å². The lowest BCUT2D eigenvalue weighted by molar-refractivity contribution is -0.0208. The first-order valence-corrected chi connectivity index (χ1v) is 9.60. The summed E-state index contributed by atoms with van der Waals surface area (Å²) in [6.45, 7) is 1.82. The van der Waals surface area contributed by atoms with E-state index >= 15 is 0 Å². The molecule has 1 amide bonds. The molecule has 2 aromatic carbocycles. The van der Waals surface area contributed by atoms with Crippen LogP contribution in [0.25, 0.3) is 0 Å². The molecule has 2 aromatic rings. The van der Waals surface area contributed by atoms with E-state index in [1.165, 1.54) is 0 Å². The van der Waals surface area contributed by atoms with Crippen LogP contribution >= 0.6 is 11.8 Å². The van der Waals surface area contributed by atoms with Gasteiger partial charge in [0.25, 0.3) is 5.91 Å². The van der Waals surface area contributed by atoms with Crippen LogP contribution in [0.5, 0.6) is 5.75 Å². The van der Waals surface area contributed by atoms with Crippen LogP contribution in [0.15, 0.2) is 53.4 Å². The van der Waals surface area contributed by atoms with E-state index in [1.54, 1.807) is 18.9 Å². The molecule has 0 unspecified atom stereocenters. The van der Waals surface area contributed by atoms with Gasteiger partial charge in [-0.3, -0.25) is 4.79 Å². The highest BCUT2D eigenvalue weighted by molar-refractivity contribution is 7.98. The van der Waals surface area contributed by atoms with Crippen LogP contribution in [0.1, 0.15) is 15.9 Å². The van der Waals surface area contributed by atoms with Gasteiger partial charge in [0.05, 0.1) is 19.8 Å². The zero-order valence-corrected chi connectivity index (χ0v) is 15.4. The maximum atomic E-state index is 12.7. The number of morpholine rings is 1. The van der Waals surface area contributed by atoms with E-state index in [4.69, 9.17) is 9.47 Å². The topological polar surface area (TPSA) is 38.8 Å². The van der Waals surface area contributed by atoms with Crippen molar-refractivity contribution >= 4 is 17.7 Å². The average Bonchev–Trinajstić information content (AvgIpc) is 2.68. The number of benzene rings is 2. The fraction of sp³-hybridized carbons (Fsp3) is 0.350. The highest BCUT2D eigenvalue weighted by Gasteiger charge is 2.25. The molecule has 0 bridgehead atoms. The van der Waals surface area contributed by atoms with Gasteiger partial charge in [0.1, 0.15) is 5.75 Å². The molecule has 1 aliphatic rings. The van der Waals surface area contributed by atoms with Crippen molar-refractivity contribution in [2.45, 2.75) is 17.4 Å². The molecule has 1 fully saturated rings. The van der Waals surface area contributed by atoms with Crippen molar-refractivity contribution in [2.75, 3.05) is 33.1 Å². The maximum absolute atomic E-state index is 12.7. The summed E-state index contributed by atoms with van der Waals surface area (Å²) >= 11 is 1.67. The highest BCUT2D eigenvalue weighted by Crippen LogP contribution is 2.19. The van der Waals surface area contributed by atoms with Crippen LogP contribution in [0.3, 0.4) is 0 Å². The van der Waals surface area contributed by atoms with E-state index in [9.17, 15) is 4.79 Å². The van der Waals surface area contributed by atoms with Crippen LogP contribution < -0.4 is 4.74 Å². The molecule has 3 rings (SSSR count). The van der Waals surface area contributed by atoms with Gasteiger partial charge in [-0.2, -0.15) is 0 Å². The zero-order valence-electron chi connectivity index (χ0n) is 14.6. The normalized spacial score (nSPS) is 17.4. The molecular formula is C20H23NO3S. The van der Waals surface area contributed by atoms with Gasteiger partial charge in [-0.05, 0) is 48.2 Å². The minimum atomic E-state index is 0.00952. The second-order valence-corrected chi connectivity index (χ2v) is 6.91. The molecule has 4 nitrogen and oxygen atoms in total. The smallest absolute Gasteiger partial charge is 0.254 e. The largest absolute Gasteiger partial charge is 0.497 e. The Balaban J connectivity index is 1.64. The molecule has 0 radical (unpaired) electrons. The number of amides is 1. The molecule has 25 heavy (non-hydrogen) atoms. The minimum absolute atomic E-state index is 0.00952. The second-order valence-electron chi connectivity index (χ2n) is 6.03. The van der Waals surface area contributed by atoms with Crippen molar-refractivity contribution in [2.24, 2.45) is 0 Å². The molecule has 5 heteroatoms. The number of carbonyl (C=O) groups excluding carboxylic acids is 1. The number of rotatable bonds is 5. The van der Waals surface area contributed by atoms with Gasteiger partial charge in [0.2, 0.25) is 0 Å².